The van der Waals surface area contributed by atoms with Gasteiger partial charge < -0.3 is 73.1 Å². The van der Waals surface area contributed by atoms with Crippen molar-refractivity contribution in [2.24, 2.45) is 41.4 Å². The summed E-state index contributed by atoms with van der Waals surface area (Å²) >= 11 is 0. The Balaban J connectivity index is 1.06. The normalized spacial score (nSPS) is 42.3. The third-order valence-corrected chi connectivity index (χ3v) is 18.5. The number of rotatable bonds is 15. The molecule has 0 bridgehead atoms. The molecular weight excluding hydrogens is 1020 g/mol. The standard InChI is InChI=1S/C57H91FN4O16/c1-15-44-57(11,69)49(65)32(4)46(63)30(2)25-56(10,71-14)50(33(5)48(34(6)52(67)76-44)77-45-26-55(9,70-13)35(7)36(8)74-45)78-53-47(64)43(22-31(3)73-53)60(12)28-37-23-40(37)51(66)59-27-39-29-62(54(68)75-39)38-16-17-42(41(58)24-38)61-18-20-72-21-19-61/h16-17,24,30-37,39-40,43-45,47-50,53,64-65,69H,15,18-23,25-29H2,1-14H3,(H,59,66)/t30-,31-,32+,33+,34-,35+,36+,37?,39+,40?,43+,44-,45+,47-,48+,49-,50-,53+,55-,56-,57-/m1/s1. The number of nitrogens with one attached hydrogen (secondary N) is 1. The molecule has 1 aliphatic carbocycles. The smallest absolute Gasteiger partial charge is 0.414 e. The van der Waals surface area contributed by atoms with E-state index in [1.54, 1.807) is 53.9 Å². The molecule has 1 saturated carbocycles. The van der Waals surface area contributed by atoms with Gasteiger partial charge in [-0.25, -0.2) is 9.18 Å². The highest BCUT2D eigenvalue weighted by atomic mass is 19.1. The fourth-order valence-corrected chi connectivity index (χ4v) is 12.9. The van der Waals surface area contributed by atoms with E-state index in [9.17, 15) is 34.5 Å². The van der Waals surface area contributed by atoms with Crippen molar-refractivity contribution in [3.63, 3.8) is 0 Å². The Bertz CT molecular complexity index is 2240. The van der Waals surface area contributed by atoms with E-state index in [0.717, 1.165) is 0 Å². The molecule has 0 spiro atoms. The number of ether oxygens (including phenoxy) is 9. The molecule has 0 aromatic heterocycles. The van der Waals surface area contributed by atoms with Crippen molar-refractivity contribution in [3.8, 4) is 0 Å². The van der Waals surface area contributed by atoms with Gasteiger partial charge in [-0.1, -0.05) is 34.6 Å². The maximum absolute atomic E-state index is 15.2. The van der Waals surface area contributed by atoms with Crippen LogP contribution in [0.25, 0.3) is 0 Å². The van der Waals surface area contributed by atoms with Crippen LogP contribution in [-0.4, -0.2) is 195 Å². The van der Waals surface area contributed by atoms with Crippen LogP contribution in [0.5, 0.6) is 0 Å². The van der Waals surface area contributed by atoms with Crippen molar-refractivity contribution >= 4 is 35.1 Å². The average Bonchev–Trinajstić information content (AvgIpc) is 4.20. The first kappa shape index (κ1) is 62.0. The number of hydrogen-bond acceptors (Lipinski definition) is 18. The van der Waals surface area contributed by atoms with Gasteiger partial charge in [-0.15, -0.1) is 0 Å². The van der Waals surface area contributed by atoms with Crippen molar-refractivity contribution in [2.45, 2.75) is 193 Å². The minimum Gasteiger partial charge on any atom is -0.459 e. The Kier molecular flexibility index (Phi) is 20.1. The number of amides is 2. The monoisotopic (exact) mass is 1110 g/mol. The third-order valence-electron chi connectivity index (χ3n) is 18.5. The number of methoxy groups -OCH3 is 2. The fourth-order valence-electron chi connectivity index (χ4n) is 12.9. The van der Waals surface area contributed by atoms with E-state index in [2.05, 4.69) is 5.32 Å². The second-order valence-electron chi connectivity index (χ2n) is 24.2. The van der Waals surface area contributed by atoms with Gasteiger partial charge in [-0.2, -0.15) is 0 Å². The molecular formula is C57H91FN4O16. The summed E-state index contributed by atoms with van der Waals surface area (Å²) in [5.41, 5.74) is -3.17. The van der Waals surface area contributed by atoms with Crippen LogP contribution in [0.4, 0.5) is 20.6 Å². The molecule has 2 unspecified atom stereocenters. The summed E-state index contributed by atoms with van der Waals surface area (Å²) in [5, 5.41) is 38.8. The molecule has 1 aromatic rings. The van der Waals surface area contributed by atoms with Crippen molar-refractivity contribution < 1.29 is 81.5 Å². The zero-order valence-electron chi connectivity index (χ0n) is 48.5. The molecule has 5 saturated heterocycles. The number of cyclic esters (lactones) is 2. The van der Waals surface area contributed by atoms with Gasteiger partial charge in [0.05, 0.1) is 85.3 Å². The lowest BCUT2D eigenvalue weighted by Gasteiger charge is -2.50. The number of likely N-dealkylation sites (N-methyl/N-ethyl adjacent to an activating group) is 1. The summed E-state index contributed by atoms with van der Waals surface area (Å²) in [7, 11) is 5.04. The molecule has 5 heterocycles. The Labute approximate surface area is 460 Å². The first-order valence-electron chi connectivity index (χ1n) is 28.3. The number of hydrogen-bond donors (Lipinski definition) is 4. The molecule has 5 aliphatic heterocycles. The number of carbonyl (C=O) groups is 4. The summed E-state index contributed by atoms with van der Waals surface area (Å²) < 4.78 is 71.7. The number of carbonyl (C=O) groups excluding carboxylic acids is 4. The van der Waals surface area contributed by atoms with E-state index in [1.165, 1.54) is 25.0 Å². The molecule has 6 aliphatic rings. The molecule has 6 fully saturated rings. The number of aliphatic hydroxyl groups is 3. The van der Waals surface area contributed by atoms with E-state index >= 15 is 4.39 Å². The summed E-state index contributed by atoms with van der Waals surface area (Å²) in [6, 6.07) is 4.18. The second kappa shape index (κ2) is 25.3. The van der Waals surface area contributed by atoms with Gasteiger partial charge in [0.2, 0.25) is 5.91 Å². The molecule has 21 atom stereocenters. The minimum atomic E-state index is -2.00. The number of benzene rings is 1. The highest BCUT2D eigenvalue weighted by Gasteiger charge is 2.55. The molecule has 1 aromatic carbocycles. The minimum absolute atomic E-state index is 0.0107. The third kappa shape index (κ3) is 13.3. The fraction of sp³-hybridized carbons (Fsp3) is 0.825. The first-order valence-corrected chi connectivity index (χ1v) is 28.3. The number of ketones is 1. The van der Waals surface area contributed by atoms with Crippen molar-refractivity contribution in [1.82, 2.24) is 10.2 Å². The van der Waals surface area contributed by atoms with Crippen molar-refractivity contribution in [2.75, 3.05) is 77.0 Å². The molecule has 4 N–H and O–H groups in total. The number of anilines is 2. The Hall–Kier alpha value is -3.61. The zero-order valence-corrected chi connectivity index (χ0v) is 48.5. The Morgan fingerprint density at radius 1 is 0.910 bits per heavy atom. The van der Waals surface area contributed by atoms with Crippen LogP contribution in [0.2, 0.25) is 0 Å². The molecule has 20 nitrogen and oxygen atoms in total. The SMILES string of the molecule is CC[C@H]1OC(=O)[C@H](C)[C@@H](O[C@H]2C[C@@](C)(OC)[C@@H](C)[C@H](C)O2)[C@H](C)[C@@H](O[C@@H]2O[C@H](C)C[C@H](N(C)CC3CC3C(=O)NC[C@H]3CN(c4ccc(N5CCOCC5)c(F)c4)C(=O)O3)[C@H]2O)[C@](C)(OC)C[C@@H](C)C(=O)[C@H](C)[C@@H](O)[C@]1(C)O. The summed E-state index contributed by atoms with van der Waals surface area (Å²) in [5.74, 6) is -5.66. The number of Topliss-reactive ketones (excluding diaryl/α,β-unsaturated/α-hetero) is 1. The van der Waals surface area contributed by atoms with Gasteiger partial charge in [0.1, 0.15) is 35.5 Å². The van der Waals surface area contributed by atoms with Crippen LogP contribution in [0, 0.1) is 47.2 Å². The first-order chi connectivity index (χ1) is 36.7. The van der Waals surface area contributed by atoms with Gasteiger partial charge >= 0.3 is 12.1 Å². The van der Waals surface area contributed by atoms with E-state index in [0.29, 0.717) is 63.5 Å². The average molecular weight is 1110 g/mol. The predicted molar refractivity (Wildman–Crippen MR) is 285 cm³/mol. The quantitative estimate of drug-likeness (QED) is 0.172. The lowest BCUT2D eigenvalue weighted by atomic mass is 9.73. The van der Waals surface area contributed by atoms with Crippen LogP contribution in [0.15, 0.2) is 18.2 Å². The molecule has 442 valence electrons. The number of morpholine rings is 1. The number of aliphatic hydroxyl groups excluding tert-OH is 2. The highest BCUT2D eigenvalue weighted by molar-refractivity contribution is 5.90. The van der Waals surface area contributed by atoms with E-state index in [-0.39, 0.29) is 61.5 Å². The molecule has 21 heteroatoms. The van der Waals surface area contributed by atoms with Crippen LogP contribution >= 0.6 is 0 Å². The lowest BCUT2D eigenvalue weighted by Crippen LogP contribution is -2.61. The molecule has 0 radical (unpaired) electrons. The number of esters is 1. The Morgan fingerprint density at radius 2 is 1.59 bits per heavy atom. The molecule has 7 rings (SSSR count). The van der Waals surface area contributed by atoms with Crippen LogP contribution in [0.1, 0.15) is 108 Å². The van der Waals surface area contributed by atoms with E-state index < -0.39 is 120 Å². The largest absolute Gasteiger partial charge is 0.459 e. The summed E-state index contributed by atoms with van der Waals surface area (Å²) in [6.45, 7) is 22.5. The van der Waals surface area contributed by atoms with Crippen LogP contribution in [-0.2, 0) is 57.0 Å². The molecule has 2 amide bonds. The van der Waals surface area contributed by atoms with Crippen LogP contribution < -0.4 is 15.1 Å². The molecule has 78 heavy (non-hydrogen) atoms. The maximum atomic E-state index is 15.2. The summed E-state index contributed by atoms with van der Waals surface area (Å²) in [4.78, 5) is 60.6. The lowest BCUT2D eigenvalue weighted by molar-refractivity contribution is -0.315. The van der Waals surface area contributed by atoms with Gasteiger partial charge in [-0.3, -0.25) is 19.3 Å². The summed E-state index contributed by atoms with van der Waals surface area (Å²) in [6.07, 6.45) is -8.59. The van der Waals surface area contributed by atoms with E-state index in [4.69, 9.17) is 42.6 Å². The van der Waals surface area contributed by atoms with Crippen molar-refractivity contribution in [3.05, 3.63) is 24.0 Å². The zero-order chi connectivity index (χ0) is 57.3. The van der Waals surface area contributed by atoms with Gasteiger partial charge in [0.25, 0.3) is 0 Å². The van der Waals surface area contributed by atoms with Crippen LogP contribution in [0.3, 0.4) is 0 Å². The number of halogens is 1. The van der Waals surface area contributed by atoms with Gasteiger partial charge in [-0.05, 0) is 98.4 Å². The predicted octanol–water partition coefficient (Wildman–Crippen LogP) is 4.84. The van der Waals surface area contributed by atoms with Gasteiger partial charge in [0, 0.05) is 75.9 Å². The van der Waals surface area contributed by atoms with Crippen molar-refractivity contribution in [1.29, 1.82) is 0 Å². The number of nitrogens with zero attached hydrogens (tertiary/aromatic N) is 3. The second-order valence-corrected chi connectivity index (χ2v) is 24.2. The van der Waals surface area contributed by atoms with E-state index in [1.807, 2.05) is 51.5 Å². The van der Waals surface area contributed by atoms with Gasteiger partial charge in [0.15, 0.2) is 12.6 Å². The Morgan fingerprint density at radius 3 is 2.23 bits per heavy atom. The highest BCUT2D eigenvalue weighted by Crippen LogP contribution is 2.44. The topological polar surface area (TPSA) is 234 Å². The maximum Gasteiger partial charge on any atom is 0.414 e.